The van der Waals surface area contributed by atoms with E-state index in [1.807, 2.05) is 55.5 Å². The van der Waals surface area contributed by atoms with Gasteiger partial charge >= 0.3 is 0 Å². The zero-order chi connectivity index (χ0) is 16.1. The molecule has 1 N–H and O–H groups in total. The number of ether oxygens (including phenoxy) is 2. The number of benzene rings is 2. The lowest BCUT2D eigenvalue weighted by atomic mass is 10.0. The monoisotopic (exact) mass is 310 g/mol. The van der Waals surface area contributed by atoms with Gasteiger partial charge in [0, 0.05) is 12.0 Å². The molecule has 0 fully saturated rings. The molecule has 2 aromatic rings. The van der Waals surface area contributed by atoms with E-state index in [4.69, 9.17) is 9.47 Å². The fraction of sp³-hybridized carbons (Fsp3) is 0.222. The lowest BCUT2D eigenvalue weighted by molar-refractivity contribution is -0.123. The third-order valence-corrected chi connectivity index (χ3v) is 3.56. The number of hydrazone groups is 1. The molecule has 0 bridgehead atoms. The quantitative estimate of drug-likeness (QED) is 0.883. The van der Waals surface area contributed by atoms with Crippen LogP contribution in [0.2, 0.25) is 0 Å². The molecule has 2 aromatic carbocycles. The van der Waals surface area contributed by atoms with Crippen LogP contribution in [-0.4, -0.2) is 24.8 Å². The Morgan fingerprint density at radius 2 is 2.00 bits per heavy atom. The van der Waals surface area contributed by atoms with Crippen molar-refractivity contribution in [1.82, 2.24) is 5.43 Å². The van der Waals surface area contributed by atoms with E-state index in [1.54, 1.807) is 0 Å². The molecule has 0 aliphatic carbocycles. The molecule has 5 nitrogen and oxygen atoms in total. The first-order chi connectivity index (χ1) is 11.2. The second-order valence-corrected chi connectivity index (χ2v) is 5.24. The van der Waals surface area contributed by atoms with Crippen LogP contribution in [0, 0.1) is 6.92 Å². The standard InChI is InChI=1S/C18H18N2O3/c1-13-6-2-4-8-16(13)23-12-18(21)20-19-15-10-11-22-17-9-5-3-7-14(15)17/h2-9H,10-12H2,1H3,(H,20,21)/b19-15+. The fourth-order valence-corrected chi connectivity index (χ4v) is 2.36. The molecule has 3 rings (SSSR count). The molecule has 0 atom stereocenters. The van der Waals surface area contributed by atoms with Crippen molar-refractivity contribution in [2.75, 3.05) is 13.2 Å². The number of hydrogen-bond donors (Lipinski definition) is 1. The second kappa shape index (κ2) is 6.96. The number of para-hydroxylation sites is 2. The Morgan fingerprint density at radius 3 is 2.87 bits per heavy atom. The maximum atomic E-state index is 11.9. The Balaban J connectivity index is 1.60. The minimum absolute atomic E-state index is 0.0697. The Morgan fingerprint density at radius 1 is 1.22 bits per heavy atom. The Labute approximate surface area is 134 Å². The molecule has 0 radical (unpaired) electrons. The molecule has 1 heterocycles. The summed E-state index contributed by atoms with van der Waals surface area (Å²) in [7, 11) is 0. The van der Waals surface area contributed by atoms with Crippen LogP contribution in [-0.2, 0) is 4.79 Å². The van der Waals surface area contributed by atoms with Gasteiger partial charge in [0.05, 0.1) is 12.3 Å². The van der Waals surface area contributed by atoms with E-state index in [2.05, 4.69) is 10.5 Å². The van der Waals surface area contributed by atoms with Gasteiger partial charge in [-0.3, -0.25) is 4.79 Å². The number of nitrogens with one attached hydrogen (secondary N) is 1. The summed E-state index contributed by atoms with van der Waals surface area (Å²) in [6, 6.07) is 15.2. The van der Waals surface area contributed by atoms with E-state index in [-0.39, 0.29) is 12.5 Å². The van der Waals surface area contributed by atoms with Gasteiger partial charge in [0.15, 0.2) is 6.61 Å². The van der Waals surface area contributed by atoms with E-state index in [9.17, 15) is 4.79 Å². The summed E-state index contributed by atoms with van der Waals surface area (Å²) in [6.45, 7) is 2.43. The predicted molar refractivity (Wildman–Crippen MR) is 87.9 cm³/mol. The van der Waals surface area contributed by atoms with Crippen LogP contribution in [0.15, 0.2) is 53.6 Å². The van der Waals surface area contributed by atoms with Crippen LogP contribution in [0.5, 0.6) is 11.5 Å². The summed E-state index contributed by atoms with van der Waals surface area (Å²) in [4.78, 5) is 11.9. The molecule has 1 aliphatic heterocycles. The molecule has 0 saturated heterocycles. The van der Waals surface area contributed by atoms with Crippen LogP contribution in [0.1, 0.15) is 17.5 Å². The first kappa shape index (κ1) is 15.1. The molecule has 0 unspecified atom stereocenters. The highest BCUT2D eigenvalue weighted by Gasteiger charge is 2.16. The number of carbonyl (C=O) groups is 1. The van der Waals surface area contributed by atoms with Crippen LogP contribution < -0.4 is 14.9 Å². The van der Waals surface area contributed by atoms with Gasteiger partial charge in [-0.15, -0.1) is 0 Å². The van der Waals surface area contributed by atoms with E-state index >= 15 is 0 Å². The minimum Gasteiger partial charge on any atom is -0.492 e. The summed E-state index contributed by atoms with van der Waals surface area (Å²) in [6.07, 6.45) is 0.663. The molecule has 0 saturated carbocycles. The Bertz CT molecular complexity index is 741. The first-order valence-corrected chi connectivity index (χ1v) is 7.50. The van der Waals surface area contributed by atoms with E-state index in [0.717, 1.165) is 22.6 Å². The van der Waals surface area contributed by atoms with Gasteiger partial charge in [-0.2, -0.15) is 5.10 Å². The molecule has 23 heavy (non-hydrogen) atoms. The van der Waals surface area contributed by atoms with Crippen LogP contribution in [0.3, 0.4) is 0 Å². The number of rotatable bonds is 4. The van der Waals surface area contributed by atoms with Crippen molar-refractivity contribution in [2.24, 2.45) is 5.10 Å². The van der Waals surface area contributed by atoms with Crippen molar-refractivity contribution in [2.45, 2.75) is 13.3 Å². The van der Waals surface area contributed by atoms with Gasteiger partial charge in [-0.05, 0) is 30.7 Å². The lowest BCUT2D eigenvalue weighted by Crippen LogP contribution is -2.27. The lowest BCUT2D eigenvalue weighted by Gasteiger charge is -2.18. The largest absolute Gasteiger partial charge is 0.492 e. The summed E-state index contributed by atoms with van der Waals surface area (Å²) in [5.74, 6) is 1.21. The first-order valence-electron chi connectivity index (χ1n) is 7.50. The minimum atomic E-state index is -0.287. The van der Waals surface area contributed by atoms with Crippen molar-refractivity contribution >= 4 is 11.6 Å². The summed E-state index contributed by atoms with van der Waals surface area (Å²) >= 11 is 0. The number of aryl methyl sites for hydroxylation is 1. The smallest absolute Gasteiger partial charge is 0.277 e. The second-order valence-electron chi connectivity index (χ2n) is 5.24. The molecule has 5 heteroatoms. The third-order valence-electron chi connectivity index (χ3n) is 3.56. The SMILES string of the molecule is Cc1ccccc1OCC(=O)N/N=C1\CCOc2ccccc21. The summed E-state index contributed by atoms with van der Waals surface area (Å²) in [5.41, 5.74) is 5.27. The molecular formula is C18H18N2O3. The Kier molecular flexibility index (Phi) is 4.57. The Hall–Kier alpha value is -2.82. The van der Waals surface area contributed by atoms with Crippen LogP contribution >= 0.6 is 0 Å². The van der Waals surface area contributed by atoms with Crippen molar-refractivity contribution in [1.29, 1.82) is 0 Å². The van der Waals surface area contributed by atoms with Crippen molar-refractivity contribution < 1.29 is 14.3 Å². The number of fused-ring (bicyclic) bond motifs is 1. The predicted octanol–water partition coefficient (Wildman–Crippen LogP) is 2.68. The normalized spacial score (nSPS) is 14.7. The maximum Gasteiger partial charge on any atom is 0.277 e. The summed E-state index contributed by atoms with van der Waals surface area (Å²) < 4.78 is 11.1. The van der Waals surface area contributed by atoms with Crippen molar-refractivity contribution in [3.05, 3.63) is 59.7 Å². The molecule has 118 valence electrons. The van der Waals surface area contributed by atoms with E-state index in [0.29, 0.717) is 18.8 Å². The van der Waals surface area contributed by atoms with E-state index in [1.165, 1.54) is 0 Å². The fourth-order valence-electron chi connectivity index (χ4n) is 2.36. The molecule has 0 aromatic heterocycles. The van der Waals surface area contributed by atoms with Crippen LogP contribution in [0.25, 0.3) is 0 Å². The summed E-state index contributed by atoms with van der Waals surface area (Å²) in [5, 5.41) is 4.22. The molecule has 1 amide bonds. The maximum absolute atomic E-state index is 11.9. The number of nitrogens with zero attached hydrogens (tertiary/aromatic N) is 1. The van der Waals surface area contributed by atoms with Gasteiger partial charge in [0.2, 0.25) is 0 Å². The van der Waals surface area contributed by atoms with Crippen LogP contribution in [0.4, 0.5) is 0 Å². The van der Waals surface area contributed by atoms with Gasteiger partial charge in [-0.1, -0.05) is 30.3 Å². The van der Waals surface area contributed by atoms with Gasteiger partial charge in [0.1, 0.15) is 11.5 Å². The van der Waals surface area contributed by atoms with E-state index < -0.39 is 0 Å². The highest BCUT2D eigenvalue weighted by atomic mass is 16.5. The van der Waals surface area contributed by atoms with Gasteiger partial charge < -0.3 is 9.47 Å². The molecule has 1 aliphatic rings. The molecular weight excluding hydrogens is 292 g/mol. The third kappa shape index (κ3) is 3.69. The highest BCUT2D eigenvalue weighted by molar-refractivity contribution is 6.04. The molecule has 0 spiro atoms. The average molecular weight is 310 g/mol. The van der Waals surface area contributed by atoms with Crippen molar-refractivity contribution in [3.63, 3.8) is 0 Å². The topological polar surface area (TPSA) is 59.9 Å². The van der Waals surface area contributed by atoms with Crippen molar-refractivity contribution in [3.8, 4) is 11.5 Å². The zero-order valence-corrected chi connectivity index (χ0v) is 12.9. The highest BCUT2D eigenvalue weighted by Crippen LogP contribution is 2.24. The number of hydrogen-bond acceptors (Lipinski definition) is 4. The zero-order valence-electron chi connectivity index (χ0n) is 12.9. The number of amides is 1. The number of carbonyl (C=O) groups excluding carboxylic acids is 1. The van der Waals surface area contributed by atoms with Gasteiger partial charge in [-0.25, -0.2) is 5.43 Å². The van der Waals surface area contributed by atoms with Gasteiger partial charge in [0.25, 0.3) is 5.91 Å². The average Bonchev–Trinajstić information content (AvgIpc) is 2.59.